The van der Waals surface area contributed by atoms with Crippen molar-refractivity contribution in [3.05, 3.63) is 66.3 Å². The maximum absolute atomic E-state index is 12.5. The van der Waals surface area contributed by atoms with Gasteiger partial charge in [0.05, 0.1) is 12.2 Å². The Kier molecular flexibility index (Phi) is 5.25. The molecule has 1 atom stereocenters. The van der Waals surface area contributed by atoms with Crippen LogP contribution in [-0.2, 0) is 11.2 Å². The van der Waals surface area contributed by atoms with Crippen molar-refractivity contribution in [3.8, 4) is 5.82 Å². The van der Waals surface area contributed by atoms with Crippen LogP contribution in [0.3, 0.4) is 0 Å². The molecule has 3 heterocycles. The standard InChI is InChI=1S/C18H20N4O3/c1-3-14-5-6-16(25-14)15(11-24-2)21-18(23)13-4-7-17(20-10-13)22-9-8-19-12-22/h4-10,12,15H,3,11H2,1-2H3,(H,21,23)/t15-/m1/s1. The highest BCUT2D eigenvalue weighted by Crippen LogP contribution is 2.18. The molecule has 7 heteroatoms. The number of carbonyl (C=O) groups excluding carboxylic acids is 1. The molecule has 0 saturated heterocycles. The number of aromatic nitrogens is 3. The first kappa shape index (κ1) is 16.9. The third-order valence-corrected chi connectivity index (χ3v) is 3.79. The van der Waals surface area contributed by atoms with Crippen LogP contribution in [0.2, 0.25) is 0 Å². The summed E-state index contributed by atoms with van der Waals surface area (Å²) in [6.07, 6.45) is 7.45. The van der Waals surface area contributed by atoms with Gasteiger partial charge in [-0.15, -0.1) is 0 Å². The summed E-state index contributed by atoms with van der Waals surface area (Å²) in [6, 6.07) is 6.91. The van der Waals surface area contributed by atoms with Gasteiger partial charge in [0.15, 0.2) is 0 Å². The highest BCUT2D eigenvalue weighted by Gasteiger charge is 2.19. The molecule has 3 aromatic rings. The number of carbonyl (C=O) groups is 1. The Labute approximate surface area is 145 Å². The maximum atomic E-state index is 12.5. The van der Waals surface area contributed by atoms with Gasteiger partial charge in [0.25, 0.3) is 5.91 Å². The zero-order valence-corrected chi connectivity index (χ0v) is 14.2. The second kappa shape index (κ2) is 7.76. The van der Waals surface area contributed by atoms with E-state index >= 15 is 0 Å². The van der Waals surface area contributed by atoms with E-state index < -0.39 is 0 Å². The molecule has 0 fully saturated rings. The summed E-state index contributed by atoms with van der Waals surface area (Å²) in [7, 11) is 1.59. The number of furan rings is 1. The van der Waals surface area contributed by atoms with Crippen molar-refractivity contribution in [2.75, 3.05) is 13.7 Å². The minimum absolute atomic E-state index is 0.235. The van der Waals surface area contributed by atoms with Crippen LogP contribution >= 0.6 is 0 Å². The number of methoxy groups -OCH3 is 1. The maximum Gasteiger partial charge on any atom is 0.253 e. The number of aryl methyl sites for hydroxylation is 1. The molecule has 0 aromatic carbocycles. The number of ether oxygens (including phenoxy) is 1. The summed E-state index contributed by atoms with van der Waals surface area (Å²) < 4.78 is 12.7. The Bertz CT molecular complexity index is 809. The van der Waals surface area contributed by atoms with Gasteiger partial charge in [-0.1, -0.05) is 6.92 Å². The molecule has 0 aliphatic rings. The van der Waals surface area contributed by atoms with Crippen LogP contribution in [0.4, 0.5) is 0 Å². The Balaban J connectivity index is 1.72. The average Bonchev–Trinajstić information content (AvgIpc) is 3.33. The van der Waals surface area contributed by atoms with Gasteiger partial charge in [0, 0.05) is 32.1 Å². The first-order valence-electron chi connectivity index (χ1n) is 8.04. The number of hydrogen-bond acceptors (Lipinski definition) is 5. The molecular weight excluding hydrogens is 320 g/mol. The predicted molar refractivity (Wildman–Crippen MR) is 91.5 cm³/mol. The lowest BCUT2D eigenvalue weighted by Crippen LogP contribution is -2.31. The molecule has 130 valence electrons. The van der Waals surface area contributed by atoms with Crippen molar-refractivity contribution in [1.82, 2.24) is 19.9 Å². The minimum Gasteiger partial charge on any atom is -0.464 e. The topological polar surface area (TPSA) is 82.2 Å². The number of nitrogens with zero attached hydrogens (tertiary/aromatic N) is 3. The Morgan fingerprint density at radius 1 is 1.36 bits per heavy atom. The fourth-order valence-electron chi connectivity index (χ4n) is 2.44. The summed E-state index contributed by atoms with van der Waals surface area (Å²) in [5.41, 5.74) is 0.465. The molecule has 0 radical (unpaired) electrons. The quantitative estimate of drug-likeness (QED) is 0.715. The number of amides is 1. The van der Waals surface area contributed by atoms with Crippen molar-refractivity contribution in [2.45, 2.75) is 19.4 Å². The fraction of sp³-hybridized carbons (Fsp3) is 0.278. The number of hydrogen-bond donors (Lipinski definition) is 1. The van der Waals surface area contributed by atoms with Crippen molar-refractivity contribution in [2.24, 2.45) is 0 Å². The Morgan fingerprint density at radius 3 is 2.84 bits per heavy atom. The monoisotopic (exact) mass is 340 g/mol. The number of pyridine rings is 1. The molecule has 0 spiro atoms. The molecule has 0 unspecified atom stereocenters. The smallest absolute Gasteiger partial charge is 0.253 e. The largest absolute Gasteiger partial charge is 0.464 e. The lowest BCUT2D eigenvalue weighted by atomic mass is 10.2. The van der Waals surface area contributed by atoms with E-state index in [0.717, 1.165) is 12.2 Å². The molecule has 3 rings (SSSR count). The van der Waals surface area contributed by atoms with E-state index in [1.807, 2.05) is 19.1 Å². The number of nitrogens with one attached hydrogen (secondary N) is 1. The lowest BCUT2D eigenvalue weighted by molar-refractivity contribution is 0.0882. The van der Waals surface area contributed by atoms with E-state index in [1.54, 1.807) is 42.5 Å². The summed E-state index contributed by atoms with van der Waals surface area (Å²) in [5.74, 6) is 2.01. The van der Waals surface area contributed by atoms with Crippen LogP contribution in [0.5, 0.6) is 0 Å². The lowest BCUT2D eigenvalue weighted by Gasteiger charge is -2.16. The van der Waals surface area contributed by atoms with E-state index in [-0.39, 0.29) is 11.9 Å². The second-order valence-corrected chi connectivity index (χ2v) is 5.51. The molecule has 0 aliphatic heterocycles. The van der Waals surface area contributed by atoms with E-state index in [4.69, 9.17) is 9.15 Å². The van der Waals surface area contributed by atoms with Crippen LogP contribution in [0, 0.1) is 0 Å². The van der Waals surface area contributed by atoms with Gasteiger partial charge in [0.1, 0.15) is 29.7 Å². The number of rotatable bonds is 7. The summed E-state index contributed by atoms with van der Waals surface area (Å²) in [5, 5.41) is 2.93. The number of imidazole rings is 1. The molecule has 0 aliphatic carbocycles. The zero-order valence-electron chi connectivity index (χ0n) is 14.2. The van der Waals surface area contributed by atoms with Crippen LogP contribution in [0.25, 0.3) is 5.82 Å². The highest BCUT2D eigenvalue weighted by molar-refractivity contribution is 5.94. The summed E-state index contributed by atoms with van der Waals surface area (Å²) in [6.45, 7) is 2.34. The minimum atomic E-state index is -0.355. The Morgan fingerprint density at radius 2 is 2.24 bits per heavy atom. The van der Waals surface area contributed by atoms with Gasteiger partial charge < -0.3 is 14.5 Å². The highest BCUT2D eigenvalue weighted by atomic mass is 16.5. The predicted octanol–water partition coefficient (Wildman–Crippen LogP) is 2.54. The second-order valence-electron chi connectivity index (χ2n) is 5.51. The first-order chi connectivity index (χ1) is 12.2. The molecule has 7 nitrogen and oxygen atoms in total. The summed E-state index contributed by atoms with van der Waals surface area (Å²) >= 11 is 0. The van der Waals surface area contributed by atoms with Crippen molar-refractivity contribution in [3.63, 3.8) is 0 Å². The van der Waals surface area contributed by atoms with Crippen LogP contribution in [0.15, 0.2) is 53.6 Å². The molecule has 1 amide bonds. The van der Waals surface area contributed by atoms with Crippen molar-refractivity contribution in [1.29, 1.82) is 0 Å². The fourth-order valence-corrected chi connectivity index (χ4v) is 2.44. The SMILES string of the molecule is CCc1ccc([C@@H](COC)NC(=O)c2ccc(-n3ccnc3)nc2)o1. The van der Waals surface area contributed by atoms with Crippen LogP contribution in [-0.4, -0.2) is 34.2 Å². The zero-order chi connectivity index (χ0) is 17.6. The first-order valence-corrected chi connectivity index (χ1v) is 8.04. The van der Waals surface area contributed by atoms with Gasteiger partial charge in [-0.2, -0.15) is 0 Å². The van der Waals surface area contributed by atoms with Gasteiger partial charge in [-0.05, 0) is 24.3 Å². The third-order valence-electron chi connectivity index (χ3n) is 3.79. The van der Waals surface area contributed by atoms with Crippen molar-refractivity contribution < 1.29 is 13.9 Å². The van der Waals surface area contributed by atoms with E-state index in [0.29, 0.717) is 23.7 Å². The Hall–Kier alpha value is -2.93. The van der Waals surface area contributed by atoms with Gasteiger partial charge in [-0.25, -0.2) is 9.97 Å². The average molecular weight is 340 g/mol. The van der Waals surface area contributed by atoms with Crippen molar-refractivity contribution >= 4 is 5.91 Å². The normalized spacial score (nSPS) is 12.1. The van der Waals surface area contributed by atoms with E-state index in [9.17, 15) is 4.79 Å². The van der Waals surface area contributed by atoms with E-state index in [1.165, 1.54) is 6.20 Å². The van der Waals surface area contributed by atoms with Crippen LogP contribution in [0.1, 0.15) is 34.8 Å². The molecule has 0 bridgehead atoms. The van der Waals surface area contributed by atoms with Gasteiger partial charge >= 0.3 is 0 Å². The molecule has 1 N–H and O–H groups in total. The molecule has 0 saturated carbocycles. The third kappa shape index (κ3) is 3.95. The van der Waals surface area contributed by atoms with Gasteiger partial charge in [-0.3, -0.25) is 9.36 Å². The molecule has 25 heavy (non-hydrogen) atoms. The summed E-state index contributed by atoms with van der Waals surface area (Å²) in [4.78, 5) is 20.8. The van der Waals surface area contributed by atoms with Crippen LogP contribution < -0.4 is 5.32 Å². The van der Waals surface area contributed by atoms with E-state index in [2.05, 4.69) is 15.3 Å². The molecule has 3 aromatic heterocycles. The van der Waals surface area contributed by atoms with Gasteiger partial charge in [0.2, 0.25) is 0 Å². The molecular formula is C18H20N4O3.